The van der Waals surface area contributed by atoms with Crippen LogP contribution in [0.5, 0.6) is 5.75 Å². The number of nitrogens with one attached hydrogen (secondary N) is 2. The lowest BCUT2D eigenvalue weighted by atomic mass is 10.0. The predicted molar refractivity (Wildman–Crippen MR) is 97.4 cm³/mol. The van der Waals surface area contributed by atoms with Crippen molar-refractivity contribution < 1.29 is 37.0 Å². The van der Waals surface area contributed by atoms with E-state index in [0.29, 0.717) is 5.69 Å². The lowest BCUT2D eigenvalue weighted by molar-refractivity contribution is -0.153. The monoisotopic (exact) mass is 429 g/mol. The minimum atomic E-state index is -4.48. The summed E-state index contributed by atoms with van der Waals surface area (Å²) in [5, 5.41) is 13.6. The van der Waals surface area contributed by atoms with Crippen LogP contribution in [0, 0.1) is 5.82 Å². The lowest BCUT2D eigenvalue weighted by Crippen LogP contribution is -2.48. The smallest absolute Gasteiger partial charge is 0.422 e. The van der Waals surface area contributed by atoms with Gasteiger partial charge in [0.05, 0.1) is 17.9 Å². The standard InChI is InChI=1S/C19H19F4N3O4/c1-11(15-7-6-13(9-24-15)30-10-19(21,22)23)25-17(27)16(26-18(28)29)8-12-4-2-3-5-14(12)20/h2-7,9,11,16,26H,8,10H2,1H3,(H,25,27)(H,28,29)/t11-,16?/m1/s1. The zero-order valence-corrected chi connectivity index (χ0v) is 15.7. The van der Waals surface area contributed by atoms with Crippen molar-refractivity contribution in [2.75, 3.05) is 6.61 Å². The molecule has 0 bridgehead atoms. The van der Waals surface area contributed by atoms with Gasteiger partial charge in [0.2, 0.25) is 5.91 Å². The topological polar surface area (TPSA) is 101 Å². The van der Waals surface area contributed by atoms with E-state index >= 15 is 0 Å². The lowest BCUT2D eigenvalue weighted by Gasteiger charge is -2.20. The van der Waals surface area contributed by atoms with Crippen molar-refractivity contribution in [2.24, 2.45) is 0 Å². The van der Waals surface area contributed by atoms with Crippen LogP contribution in [-0.2, 0) is 11.2 Å². The second kappa shape index (κ2) is 9.90. The maximum Gasteiger partial charge on any atom is 0.422 e. The van der Waals surface area contributed by atoms with Crippen LogP contribution in [-0.4, -0.2) is 40.9 Å². The van der Waals surface area contributed by atoms with Gasteiger partial charge in [-0.1, -0.05) is 18.2 Å². The highest BCUT2D eigenvalue weighted by Gasteiger charge is 2.28. The van der Waals surface area contributed by atoms with Crippen molar-refractivity contribution >= 4 is 12.0 Å². The first kappa shape index (κ1) is 22.9. The number of rotatable bonds is 8. The summed E-state index contributed by atoms with van der Waals surface area (Å²) < 4.78 is 54.9. The Labute approximate surface area is 169 Å². The first-order valence-corrected chi connectivity index (χ1v) is 8.74. The Morgan fingerprint density at radius 1 is 1.17 bits per heavy atom. The number of carbonyl (C=O) groups excluding carboxylic acids is 1. The van der Waals surface area contributed by atoms with Gasteiger partial charge in [-0.3, -0.25) is 9.78 Å². The van der Waals surface area contributed by atoms with E-state index in [0.717, 1.165) is 6.20 Å². The Balaban J connectivity index is 2.03. The number of pyridine rings is 1. The molecule has 2 rings (SSSR count). The first-order valence-electron chi connectivity index (χ1n) is 8.74. The van der Waals surface area contributed by atoms with E-state index in [4.69, 9.17) is 5.11 Å². The van der Waals surface area contributed by atoms with E-state index in [2.05, 4.69) is 15.0 Å². The van der Waals surface area contributed by atoms with Crippen LogP contribution in [0.25, 0.3) is 0 Å². The molecular weight excluding hydrogens is 410 g/mol. The van der Waals surface area contributed by atoms with E-state index in [1.807, 2.05) is 5.32 Å². The summed E-state index contributed by atoms with van der Waals surface area (Å²) >= 11 is 0. The molecule has 162 valence electrons. The van der Waals surface area contributed by atoms with Gasteiger partial charge in [-0.05, 0) is 30.7 Å². The largest absolute Gasteiger partial charge is 0.483 e. The molecule has 7 nitrogen and oxygen atoms in total. The minimum absolute atomic E-state index is 0.0976. The number of amides is 2. The summed E-state index contributed by atoms with van der Waals surface area (Å²) in [5.74, 6) is -1.39. The van der Waals surface area contributed by atoms with Crippen LogP contribution in [0.1, 0.15) is 24.2 Å². The Morgan fingerprint density at radius 2 is 1.87 bits per heavy atom. The van der Waals surface area contributed by atoms with E-state index < -0.39 is 42.7 Å². The third-order valence-electron chi connectivity index (χ3n) is 3.96. The summed E-state index contributed by atoms with van der Waals surface area (Å²) in [4.78, 5) is 27.5. The molecule has 0 spiro atoms. The zero-order chi connectivity index (χ0) is 22.3. The molecule has 0 aliphatic rings. The number of ether oxygens (including phenoxy) is 1. The molecule has 0 radical (unpaired) electrons. The first-order chi connectivity index (χ1) is 14.0. The molecule has 1 unspecified atom stereocenters. The maximum absolute atomic E-state index is 13.9. The van der Waals surface area contributed by atoms with Gasteiger partial charge in [0.25, 0.3) is 0 Å². The fraction of sp³-hybridized carbons (Fsp3) is 0.316. The van der Waals surface area contributed by atoms with Crippen molar-refractivity contribution in [3.05, 3.63) is 59.7 Å². The normalized spacial score (nSPS) is 13.2. The van der Waals surface area contributed by atoms with Crippen LogP contribution in [0.15, 0.2) is 42.6 Å². The van der Waals surface area contributed by atoms with Gasteiger partial charge in [0.15, 0.2) is 6.61 Å². The van der Waals surface area contributed by atoms with Gasteiger partial charge >= 0.3 is 12.3 Å². The zero-order valence-electron chi connectivity index (χ0n) is 15.7. The van der Waals surface area contributed by atoms with Gasteiger partial charge in [0, 0.05) is 6.42 Å². The third kappa shape index (κ3) is 7.22. The highest BCUT2D eigenvalue weighted by atomic mass is 19.4. The molecule has 0 saturated carbocycles. The summed E-state index contributed by atoms with van der Waals surface area (Å²) in [6.07, 6.45) is -5.07. The number of hydrogen-bond donors (Lipinski definition) is 3. The fourth-order valence-electron chi connectivity index (χ4n) is 2.53. The van der Waals surface area contributed by atoms with Crippen molar-refractivity contribution in [3.8, 4) is 5.75 Å². The molecule has 1 aromatic heterocycles. The van der Waals surface area contributed by atoms with Crippen molar-refractivity contribution in [1.29, 1.82) is 0 Å². The quantitative estimate of drug-likeness (QED) is 0.560. The van der Waals surface area contributed by atoms with E-state index in [-0.39, 0.29) is 17.7 Å². The Hall–Kier alpha value is -3.37. The highest BCUT2D eigenvalue weighted by Crippen LogP contribution is 2.19. The number of carbonyl (C=O) groups is 2. The summed E-state index contributed by atoms with van der Waals surface area (Å²) in [5.41, 5.74) is 0.464. The molecular formula is C19H19F4N3O4. The SMILES string of the molecule is C[C@@H](NC(=O)C(Cc1ccccc1F)NC(=O)O)c1ccc(OCC(F)(F)F)cn1. The van der Waals surface area contributed by atoms with Gasteiger partial charge in [-0.2, -0.15) is 13.2 Å². The molecule has 11 heteroatoms. The molecule has 0 aliphatic heterocycles. The molecule has 2 atom stereocenters. The number of carboxylic acid groups (broad SMARTS) is 1. The van der Waals surface area contributed by atoms with Crippen LogP contribution >= 0.6 is 0 Å². The number of aromatic nitrogens is 1. The number of benzene rings is 1. The van der Waals surface area contributed by atoms with Crippen LogP contribution in [0.2, 0.25) is 0 Å². The van der Waals surface area contributed by atoms with Gasteiger partial charge in [-0.15, -0.1) is 0 Å². The number of alkyl halides is 3. The fourth-order valence-corrected chi connectivity index (χ4v) is 2.53. The average Bonchev–Trinajstić information content (AvgIpc) is 2.67. The van der Waals surface area contributed by atoms with Crippen LogP contribution in [0.4, 0.5) is 22.4 Å². The second-order valence-corrected chi connectivity index (χ2v) is 6.35. The average molecular weight is 429 g/mol. The maximum atomic E-state index is 13.9. The molecule has 30 heavy (non-hydrogen) atoms. The molecule has 2 amide bonds. The highest BCUT2D eigenvalue weighted by molar-refractivity contribution is 5.85. The Bertz CT molecular complexity index is 875. The Kier molecular flexibility index (Phi) is 7.56. The van der Waals surface area contributed by atoms with E-state index in [9.17, 15) is 27.2 Å². The van der Waals surface area contributed by atoms with Gasteiger partial charge in [-0.25, -0.2) is 9.18 Å². The van der Waals surface area contributed by atoms with E-state index in [1.165, 1.54) is 30.3 Å². The number of halogens is 4. The van der Waals surface area contributed by atoms with Crippen LogP contribution < -0.4 is 15.4 Å². The number of nitrogens with zero attached hydrogens (tertiary/aromatic N) is 1. The third-order valence-corrected chi connectivity index (χ3v) is 3.96. The Morgan fingerprint density at radius 3 is 2.43 bits per heavy atom. The summed E-state index contributed by atoms with van der Waals surface area (Å²) in [6, 6.07) is 6.32. The molecule has 0 saturated heterocycles. The minimum Gasteiger partial charge on any atom is -0.483 e. The molecule has 1 aromatic carbocycles. The number of hydrogen-bond acceptors (Lipinski definition) is 4. The molecule has 2 aromatic rings. The van der Waals surface area contributed by atoms with Gasteiger partial charge < -0.3 is 20.5 Å². The second-order valence-electron chi connectivity index (χ2n) is 6.35. The van der Waals surface area contributed by atoms with Gasteiger partial charge in [0.1, 0.15) is 17.6 Å². The van der Waals surface area contributed by atoms with Crippen molar-refractivity contribution in [1.82, 2.24) is 15.6 Å². The van der Waals surface area contributed by atoms with Crippen molar-refractivity contribution in [2.45, 2.75) is 31.6 Å². The molecule has 0 aliphatic carbocycles. The summed E-state index contributed by atoms with van der Waals surface area (Å²) in [7, 11) is 0. The molecule has 1 heterocycles. The van der Waals surface area contributed by atoms with E-state index in [1.54, 1.807) is 13.0 Å². The predicted octanol–water partition coefficient (Wildman–Crippen LogP) is 3.22. The molecule has 0 fully saturated rings. The van der Waals surface area contributed by atoms with Crippen LogP contribution in [0.3, 0.4) is 0 Å². The molecule has 3 N–H and O–H groups in total. The summed E-state index contributed by atoms with van der Waals surface area (Å²) in [6.45, 7) is 0.0936. The van der Waals surface area contributed by atoms with Crippen molar-refractivity contribution in [3.63, 3.8) is 0 Å².